The number of halogens is 1. The lowest BCUT2D eigenvalue weighted by atomic mass is 10.3. The number of hydrogen-bond donors (Lipinski definition) is 0. The van der Waals surface area contributed by atoms with Gasteiger partial charge in [-0.15, -0.1) is 11.3 Å². The van der Waals surface area contributed by atoms with Gasteiger partial charge in [0.1, 0.15) is 0 Å². The monoisotopic (exact) mass is 183 g/mol. The van der Waals surface area contributed by atoms with Crippen LogP contribution < -0.4 is 0 Å². The van der Waals surface area contributed by atoms with E-state index in [0.29, 0.717) is 0 Å². The van der Waals surface area contributed by atoms with E-state index in [9.17, 15) is 0 Å². The van der Waals surface area contributed by atoms with Crippen LogP contribution in [0.5, 0.6) is 0 Å². The molecule has 0 bridgehead atoms. The second-order valence-corrected chi connectivity index (χ2v) is 3.70. The van der Waals surface area contributed by atoms with Crippen LogP contribution in [-0.4, -0.2) is 4.98 Å². The molecule has 0 saturated heterocycles. The number of hydrogen-bond acceptors (Lipinski definition) is 2. The smallest absolute Gasteiger partial charge is 0.0999 e. The summed E-state index contributed by atoms with van der Waals surface area (Å²) >= 11 is 7.52. The molecule has 0 aromatic carbocycles. The molecule has 3 heteroatoms. The molecule has 11 heavy (non-hydrogen) atoms. The second kappa shape index (κ2) is 2.47. The molecular formula is C8H6ClNS. The van der Waals surface area contributed by atoms with Gasteiger partial charge in [0.05, 0.1) is 15.2 Å². The molecule has 0 radical (unpaired) electrons. The van der Waals surface area contributed by atoms with Crippen molar-refractivity contribution in [1.82, 2.24) is 4.98 Å². The van der Waals surface area contributed by atoms with Gasteiger partial charge in [0.2, 0.25) is 0 Å². The number of fused-ring (bicyclic) bond motifs is 1. The number of aromatic nitrogens is 1. The van der Waals surface area contributed by atoms with E-state index in [2.05, 4.69) is 4.98 Å². The Kier molecular flexibility index (Phi) is 1.59. The maximum Gasteiger partial charge on any atom is 0.0999 e. The SMILES string of the molecule is Cc1ccc2scc(Cl)c2n1. The van der Waals surface area contributed by atoms with Crippen LogP contribution in [-0.2, 0) is 0 Å². The standard InChI is InChI=1S/C8H6ClNS/c1-5-2-3-7-8(10-5)6(9)4-11-7/h2-4H,1H3. The third-order valence-electron chi connectivity index (χ3n) is 1.51. The molecule has 0 saturated carbocycles. The van der Waals surface area contributed by atoms with Crippen molar-refractivity contribution in [2.75, 3.05) is 0 Å². The molecule has 0 amide bonds. The zero-order valence-electron chi connectivity index (χ0n) is 5.97. The summed E-state index contributed by atoms with van der Waals surface area (Å²) in [5.74, 6) is 0. The fourth-order valence-corrected chi connectivity index (χ4v) is 2.07. The van der Waals surface area contributed by atoms with Gasteiger partial charge < -0.3 is 0 Å². The van der Waals surface area contributed by atoms with E-state index >= 15 is 0 Å². The molecule has 0 N–H and O–H groups in total. The van der Waals surface area contributed by atoms with Gasteiger partial charge in [-0.1, -0.05) is 11.6 Å². The van der Waals surface area contributed by atoms with E-state index in [-0.39, 0.29) is 0 Å². The number of aryl methyl sites for hydroxylation is 1. The average Bonchev–Trinajstić information content (AvgIpc) is 2.33. The number of rotatable bonds is 0. The van der Waals surface area contributed by atoms with Crippen molar-refractivity contribution in [3.8, 4) is 0 Å². The first-order chi connectivity index (χ1) is 5.27. The molecule has 2 rings (SSSR count). The summed E-state index contributed by atoms with van der Waals surface area (Å²) in [5, 5.41) is 2.67. The predicted molar refractivity (Wildman–Crippen MR) is 49.4 cm³/mol. The van der Waals surface area contributed by atoms with Crippen LogP contribution >= 0.6 is 22.9 Å². The lowest BCUT2D eigenvalue weighted by molar-refractivity contribution is 1.26. The number of pyridine rings is 1. The molecule has 0 aliphatic rings. The highest BCUT2D eigenvalue weighted by Crippen LogP contribution is 2.27. The maximum atomic E-state index is 5.89. The fraction of sp³-hybridized carbons (Fsp3) is 0.125. The molecule has 2 aromatic rings. The highest BCUT2D eigenvalue weighted by Gasteiger charge is 2.01. The summed E-state index contributed by atoms with van der Waals surface area (Å²) in [6.45, 7) is 1.97. The Labute approximate surface area is 73.6 Å². The van der Waals surface area contributed by atoms with Crippen LogP contribution in [0.15, 0.2) is 17.5 Å². The van der Waals surface area contributed by atoms with Crippen LogP contribution in [0.2, 0.25) is 5.02 Å². The van der Waals surface area contributed by atoms with Gasteiger partial charge in [-0.3, -0.25) is 4.98 Å². The molecular weight excluding hydrogens is 178 g/mol. The minimum atomic E-state index is 0.758. The van der Waals surface area contributed by atoms with Gasteiger partial charge in [-0.2, -0.15) is 0 Å². The van der Waals surface area contributed by atoms with Crippen molar-refractivity contribution < 1.29 is 0 Å². The Hall–Kier alpha value is -0.600. The van der Waals surface area contributed by atoms with E-state index < -0.39 is 0 Å². The highest BCUT2D eigenvalue weighted by molar-refractivity contribution is 7.17. The molecule has 0 aliphatic carbocycles. The van der Waals surface area contributed by atoms with Gasteiger partial charge in [-0.05, 0) is 19.1 Å². The van der Waals surface area contributed by atoms with Crippen LogP contribution in [0.25, 0.3) is 10.2 Å². The minimum absolute atomic E-state index is 0.758. The Bertz CT molecular complexity index is 394. The zero-order chi connectivity index (χ0) is 7.84. The van der Waals surface area contributed by atoms with E-state index in [1.54, 1.807) is 11.3 Å². The molecule has 0 aliphatic heterocycles. The van der Waals surface area contributed by atoms with Gasteiger partial charge >= 0.3 is 0 Å². The Balaban J connectivity index is 2.87. The number of nitrogens with zero attached hydrogens (tertiary/aromatic N) is 1. The first kappa shape index (κ1) is 7.07. The van der Waals surface area contributed by atoms with Gasteiger partial charge in [0.15, 0.2) is 0 Å². The Morgan fingerprint density at radius 1 is 1.45 bits per heavy atom. The van der Waals surface area contributed by atoms with Crippen molar-refractivity contribution in [1.29, 1.82) is 0 Å². The summed E-state index contributed by atoms with van der Waals surface area (Å²) in [6.07, 6.45) is 0. The van der Waals surface area contributed by atoms with Gasteiger partial charge in [0.25, 0.3) is 0 Å². The van der Waals surface area contributed by atoms with Gasteiger partial charge in [0, 0.05) is 11.1 Å². The lowest BCUT2D eigenvalue weighted by Gasteiger charge is -1.91. The van der Waals surface area contributed by atoms with E-state index in [0.717, 1.165) is 20.9 Å². The van der Waals surface area contributed by atoms with Crippen LogP contribution in [0.1, 0.15) is 5.69 Å². The molecule has 0 fully saturated rings. The fourth-order valence-electron chi connectivity index (χ4n) is 0.981. The second-order valence-electron chi connectivity index (χ2n) is 2.38. The predicted octanol–water partition coefficient (Wildman–Crippen LogP) is 3.26. The third kappa shape index (κ3) is 1.12. The van der Waals surface area contributed by atoms with Crippen molar-refractivity contribution >= 4 is 33.2 Å². The molecule has 1 nitrogen and oxygen atoms in total. The van der Waals surface area contributed by atoms with Crippen molar-refractivity contribution in [3.05, 3.63) is 28.2 Å². The largest absolute Gasteiger partial charge is 0.251 e. The first-order valence-corrected chi connectivity index (χ1v) is 4.53. The normalized spacial score (nSPS) is 10.7. The van der Waals surface area contributed by atoms with E-state index in [4.69, 9.17) is 11.6 Å². The maximum absolute atomic E-state index is 5.89. The molecule has 2 heterocycles. The van der Waals surface area contributed by atoms with E-state index in [1.807, 2.05) is 24.4 Å². The van der Waals surface area contributed by atoms with Crippen molar-refractivity contribution in [2.45, 2.75) is 6.92 Å². The lowest BCUT2D eigenvalue weighted by Crippen LogP contribution is -1.77. The summed E-state index contributed by atoms with van der Waals surface area (Å²) in [5.41, 5.74) is 1.94. The van der Waals surface area contributed by atoms with E-state index in [1.165, 1.54) is 0 Å². The average molecular weight is 184 g/mol. The zero-order valence-corrected chi connectivity index (χ0v) is 7.54. The summed E-state index contributed by atoms with van der Waals surface area (Å²) < 4.78 is 1.15. The molecule has 0 spiro atoms. The van der Waals surface area contributed by atoms with Crippen molar-refractivity contribution in [2.24, 2.45) is 0 Å². The highest BCUT2D eigenvalue weighted by atomic mass is 35.5. The minimum Gasteiger partial charge on any atom is -0.251 e. The van der Waals surface area contributed by atoms with Gasteiger partial charge in [-0.25, -0.2) is 0 Å². The number of thiophene rings is 1. The van der Waals surface area contributed by atoms with Crippen LogP contribution in [0.4, 0.5) is 0 Å². The van der Waals surface area contributed by atoms with Crippen LogP contribution in [0, 0.1) is 6.92 Å². The first-order valence-electron chi connectivity index (χ1n) is 3.28. The third-order valence-corrected chi connectivity index (χ3v) is 2.87. The topological polar surface area (TPSA) is 12.9 Å². The Morgan fingerprint density at radius 2 is 2.27 bits per heavy atom. The summed E-state index contributed by atoms with van der Waals surface area (Å²) in [6, 6.07) is 4.05. The molecule has 56 valence electrons. The molecule has 0 unspecified atom stereocenters. The summed E-state index contributed by atoms with van der Waals surface area (Å²) in [4.78, 5) is 4.31. The van der Waals surface area contributed by atoms with Crippen LogP contribution in [0.3, 0.4) is 0 Å². The summed E-state index contributed by atoms with van der Waals surface area (Å²) in [7, 11) is 0. The van der Waals surface area contributed by atoms with Crippen molar-refractivity contribution in [3.63, 3.8) is 0 Å². The molecule has 0 atom stereocenters. The Morgan fingerprint density at radius 3 is 3.09 bits per heavy atom. The molecule has 2 aromatic heterocycles. The quantitative estimate of drug-likeness (QED) is 0.611.